The van der Waals surface area contributed by atoms with E-state index in [9.17, 15) is 4.79 Å². The normalized spacial score (nSPS) is 36.2. The lowest BCUT2D eigenvalue weighted by Crippen LogP contribution is -2.43. The number of ether oxygens (including phenoxy) is 2. The highest BCUT2D eigenvalue weighted by Gasteiger charge is 2.38. The van der Waals surface area contributed by atoms with Crippen LogP contribution in [0.5, 0.6) is 0 Å². The molecule has 3 aliphatic rings. The predicted octanol–water partition coefficient (Wildman–Crippen LogP) is 1.28. The van der Waals surface area contributed by atoms with E-state index < -0.39 is 0 Å². The van der Waals surface area contributed by atoms with Gasteiger partial charge in [-0.3, -0.25) is 0 Å². The van der Waals surface area contributed by atoms with Crippen LogP contribution in [0.1, 0.15) is 19.8 Å². The molecule has 0 aromatic heterocycles. The van der Waals surface area contributed by atoms with E-state index in [-0.39, 0.29) is 24.1 Å². The van der Waals surface area contributed by atoms with Crippen LogP contribution in [-0.4, -0.2) is 24.8 Å². The van der Waals surface area contributed by atoms with Crippen molar-refractivity contribution in [2.24, 2.45) is 5.92 Å². The van der Waals surface area contributed by atoms with Crippen molar-refractivity contribution in [1.82, 2.24) is 0 Å². The van der Waals surface area contributed by atoms with Gasteiger partial charge in [0.2, 0.25) is 0 Å². The Hall–Kier alpha value is -0.830. The van der Waals surface area contributed by atoms with Crippen molar-refractivity contribution in [3.63, 3.8) is 0 Å². The topological polar surface area (TPSA) is 35.5 Å². The molecule has 0 saturated carbocycles. The minimum atomic E-state index is -0.344. The summed E-state index contributed by atoms with van der Waals surface area (Å²) in [5, 5.41) is 0. The van der Waals surface area contributed by atoms with E-state index in [4.69, 9.17) is 9.47 Å². The molecule has 2 bridgehead atoms. The maximum absolute atomic E-state index is 11.4. The second-order valence-electron chi connectivity index (χ2n) is 3.47. The first-order valence-electron chi connectivity index (χ1n) is 4.81. The van der Waals surface area contributed by atoms with Gasteiger partial charge in [-0.05, 0) is 19.8 Å². The van der Waals surface area contributed by atoms with Crippen LogP contribution in [0.3, 0.4) is 0 Å². The molecule has 1 aliphatic carbocycles. The maximum Gasteiger partial charge on any atom is 0.335 e. The first-order valence-corrected chi connectivity index (χ1v) is 4.81. The average Bonchev–Trinajstić information content (AvgIpc) is 2.20. The zero-order chi connectivity index (χ0) is 9.26. The summed E-state index contributed by atoms with van der Waals surface area (Å²) in [5.41, 5.74) is 0. The summed E-state index contributed by atoms with van der Waals surface area (Å²) in [6.45, 7) is 2.24. The molecule has 2 heterocycles. The molecule has 0 N–H and O–H groups in total. The average molecular weight is 182 g/mol. The quantitative estimate of drug-likeness (QED) is 0.476. The second-order valence-corrected chi connectivity index (χ2v) is 3.47. The first kappa shape index (κ1) is 8.75. The fourth-order valence-corrected chi connectivity index (χ4v) is 1.93. The summed E-state index contributed by atoms with van der Waals surface area (Å²) in [6, 6.07) is 0. The third kappa shape index (κ3) is 1.61. The smallest absolute Gasteiger partial charge is 0.335 e. The van der Waals surface area contributed by atoms with E-state index in [0.717, 1.165) is 12.8 Å². The Bertz CT molecular complexity index is 234. The van der Waals surface area contributed by atoms with E-state index >= 15 is 0 Å². The number of hydrogen-bond acceptors (Lipinski definition) is 3. The van der Waals surface area contributed by atoms with Crippen molar-refractivity contribution in [3.8, 4) is 0 Å². The minimum Gasteiger partial charge on any atom is -0.464 e. The third-order valence-corrected chi connectivity index (χ3v) is 2.59. The molecule has 2 aliphatic heterocycles. The zero-order valence-corrected chi connectivity index (χ0v) is 7.73. The molecule has 0 aromatic carbocycles. The largest absolute Gasteiger partial charge is 0.464 e. The molecule has 1 fully saturated rings. The maximum atomic E-state index is 11.4. The van der Waals surface area contributed by atoms with Crippen molar-refractivity contribution < 1.29 is 14.3 Å². The molecule has 3 unspecified atom stereocenters. The summed E-state index contributed by atoms with van der Waals surface area (Å²) in [6.07, 6.45) is 6.01. The van der Waals surface area contributed by atoms with Crippen molar-refractivity contribution >= 4 is 5.97 Å². The van der Waals surface area contributed by atoms with Gasteiger partial charge in [-0.15, -0.1) is 0 Å². The summed E-state index contributed by atoms with van der Waals surface area (Å²) in [5.74, 6) is 0.0330. The fourth-order valence-electron chi connectivity index (χ4n) is 1.93. The lowest BCUT2D eigenvalue weighted by atomic mass is 9.86. The van der Waals surface area contributed by atoms with Crippen molar-refractivity contribution in [3.05, 3.63) is 12.2 Å². The zero-order valence-electron chi connectivity index (χ0n) is 7.73. The SMILES string of the molecule is CCOC(=O)C1OC2C=CC1CC2. The number of carbonyl (C=O) groups is 1. The van der Waals surface area contributed by atoms with Crippen LogP contribution in [0.2, 0.25) is 0 Å². The van der Waals surface area contributed by atoms with Crippen LogP contribution in [0, 0.1) is 5.92 Å². The molecule has 3 heteroatoms. The van der Waals surface area contributed by atoms with Crippen LogP contribution in [0.25, 0.3) is 0 Å². The van der Waals surface area contributed by atoms with Gasteiger partial charge in [-0.25, -0.2) is 4.79 Å². The van der Waals surface area contributed by atoms with Crippen molar-refractivity contribution in [2.75, 3.05) is 6.61 Å². The van der Waals surface area contributed by atoms with Gasteiger partial charge in [0, 0.05) is 5.92 Å². The van der Waals surface area contributed by atoms with Crippen LogP contribution < -0.4 is 0 Å². The second kappa shape index (κ2) is 3.50. The molecular weight excluding hydrogens is 168 g/mol. The monoisotopic (exact) mass is 182 g/mol. The Balaban J connectivity index is 2.02. The molecule has 72 valence electrons. The molecule has 13 heavy (non-hydrogen) atoms. The standard InChI is InChI=1S/C10H14O3/c1-2-12-10(11)9-7-3-5-8(13-9)6-4-7/h3,5,7-9H,2,4,6H2,1H3. The molecule has 0 aromatic rings. The number of fused-ring (bicyclic) bond motifs is 2. The van der Waals surface area contributed by atoms with Gasteiger partial charge >= 0.3 is 5.97 Å². The Morgan fingerprint density at radius 1 is 1.54 bits per heavy atom. The van der Waals surface area contributed by atoms with Crippen LogP contribution in [-0.2, 0) is 14.3 Å². The Morgan fingerprint density at radius 3 is 2.85 bits per heavy atom. The summed E-state index contributed by atoms with van der Waals surface area (Å²) in [4.78, 5) is 11.4. The highest BCUT2D eigenvalue weighted by atomic mass is 16.6. The minimum absolute atomic E-state index is 0.138. The van der Waals surface area contributed by atoms with Gasteiger partial charge in [-0.2, -0.15) is 0 Å². The molecule has 3 rings (SSSR count). The van der Waals surface area contributed by atoms with Gasteiger partial charge in [0.25, 0.3) is 0 Å². The summed E-state index contributed by atoms with van der Waals surface area (Å²) < 4.78 is 10.5. The fraction of sp³-hybridized carbons (Fsp3) is 0.700. The van der Waals surface area contributed by atoms with Crippen molar-refractivity contribution in [2.45, 2.75) is 32.0 Å². The van der Waals surface area contributed by atoms with Gasteiger partial charge in [0.05, 0.1) is 12.7 Å². The summed E-state index contributed by atoms with van der Waals surface area (Å²) >= 11 is 0. The number of rotatable bonds is 2. The van der Waals surface area contributed by atoms with Gasteiger partial charge in [0.1, 0.15) is 0 Å². The number of hydrogen-bond donors (Lipinski definition) is 0. The van der Waals surface area contributed by atoms with Gasteiger partial charge in [-0.1, -0.05) is 12.2 Å². The van der Waals surface area contributed by atoms with Crippen LogP contribution in [0.4, 0.5) is 0 Å². The Morgan fingerprint density at radius 2 is 2.38 bits per heavy atom. The molecule has 0 amide bonds. The van der Waals surface area contributed by atoms with E-state index in [1.807, 2.05) is 13.0 Å². The van der Waals surface area contributed by atoms with Crippen LogP contribution >= 0.6 is 0 Å². The summed E-state index contributed by atoms with van der Waals surface area (Å²) in [7, 11) is 0. The molecule has 0 spiro atoms. The highest BCUT2D eigenvalue weighted by Crippen LogP contribution is 2.32. The van der Waals surface area contributed by atoms with E-state index in [1.165, 1.54) is 0 Å². The van der Waals surface area contributed by atoms with Gasteiger partial charge in [0.15, 0.2) is 6.10 Å². The number of carbonyl (C=O) groups excluding carboxylic acids is 1. The highest BCUT2D eigenvalue weighted by molar-refractivity contribution is 5.75. The van der Waals surface area contributed by atoms with E-state index in [1.54, 1.807) is 0 Å². The lowest BCUT2D eigenvalue weighted by molar-refractivity contribution is -0.168. The Labute approximate surface area is 77.7 Å². The molecule has 3 nitrogen and oxygen atoms in total. The first-order chi connectivity index (χ1) is 6.31. The third-order valence-electron chi connectivity index (χ3n) is 2.59. The Kier molecular flexibility index (Phi) is 2.36. The molecule has 1 saturated heterocycles. The van der Waals surface area contributed by atoms with E-state index in [2.05, 4.69) is 6.08 Å². The number of esters is 1. The van der Waals surface area contributed by atoms with Crippen molar-refractivity contribution in [1.29, 1.82) is 0 Å². The molecular formula is C10H14O3. The lowest BCUT2D eigenvalue weighted by Gasteiger charge is -2.36. The van der Waals surface area contributed by atoms with Crippen LogP contribution in [0.15, 0.2) is 12.2 Å². The molecule has 0 radical (unpaired) electrons. The predicted molar refractivity (Wildman–Crippen MR) is 47.2 cm³/mol. The molecule has 3 atom stereocenters. The van der Waals surface area contributed by atoms with E-state index in [0.29, 0.717) is 6.61 Å². The van der Waals surface area contributed by atoms with Gasteiger partial charge < -0.3 is 9.47 Å².